The number of hydrazone groups is 1. The molecule has 2 heterocycles. The van der Waals surface area contributed by atoms with Crippen molar-refractivity contribution in [1.29, 1.82) is 0 Å². The van der Waals surface area contributed by atoms with Gasteiger partial charge in [0.1, 0.15) is 5.92 Å². The van der Waals surface area contributed by atoms with Gasteiger partial charge in [0.15, 0.2) is 5.84 Å². The average Bonchev–Trinajstić information content (AvgIpc) is 2.83. The highest BCUT2D eigenvalue weighted by atomic mass is 19.4. The second-order valence-electron chi connectivity index (χ2n) is 6.72. The van der Waals surface area contributed by atoms with E-state index in [2.05, 4.69) is 10.1 Å². The van der Waals surface area contributed by atoms with Gasteiger partial charge in [-0.2, -0.15) is 18.2 Å². The van der Waals surface area contributed by atoms with Crippen molar-refractivity contribution < 1.29 is 18.0 Å². The lowest BCUT2D eigenvalue weighted by Crippen LogP contribution is -2.37. The zero-order chi connectivity index (χ0) is 17.7. The van der Waals surface area contributed by atoms with Gasteiger partial charge in [-0.05, 0) is 18.2 Å². The fraction of sp³-hybridized carbons (Fsp3) is 0.353. The van der Waals surface area contributed by atoms with Crippen LogP contribution in [-0.2, 0) is 4.79 Å². The highest BCUT2D eigenvalue weighted by Gasteiger charge is 2.51. The number of carbonyl (C=O) groups excluding carboxylic acids is 1. The molecule has 1 aromatic carbocycles. The fourth-order valence-electron chi connectivity index (χ4n) is 2.57. The van der Waals surface area contributed by atoms with E-state index in [9.17, 15) is 18.0 Å². The summed E-state index contributed by atoms with van der Waals surface area (Å²) in [5, 5.41) is 5.06. The van der Waals surface area contributed by atoms with Gasteiger partial charge >= 0.3 is 6.18 Å². The van der Waals surface area contributed by atoms with Gasteiger partial charge in [-0.1, -0.05) is 39.0 Å². The molecule has 4 nitrogen and oxygen atoms in total. The maximum Gasteiger partial charge on any atom is 0.413 e. The summed E-state index contributed by atoms with van der Waals surface area (Å²) in [6, 6.07) is 8.36. The van der Waals surface area contributed by atoms with Crippen LogP contribution in [0.1, 0.15) is 20.8 Å². The highest BCUT2D eigenvalue weighted by molar-refractivity contribution is 6.23. The number of benzene rings is 1. The molecule has 0 saturated carbocycles. The molecule has 0 saturated heterocycles. The first-order valence-corrected chi connectivity index (χ1v) is 7.44. The number of halogens is 3. The molecule has 0 bridgehead atoms. The predicted octanol–water partition coefficient (Wildman–Crippen LogP) is 3.95. The van der Waals surface area contributed by atoms with Gasteiger partial charge < -0.3 is 0 Å². The number of amides is 1. The van der Waals surface area contributed by atoms with Gasteiger partial charge in [0.05, 0.1) is 11.3 Å². The Balaban J connectivity index is 2.11. The van der Waals surface area contributed by atoms with E-state index < -0.39 is 29.0 Å². The van der Waals surface area contributed by atoms with Crippen LogP contribution in [0.15, 0.2) is 52.1 Å². The summed E-state index contributed by atoms with van der Waals surface area (Å²) in [7, 11) is 0. The number of amidine groups is 1. The van der Waals surface area contributed by atoms with Crippen LogP contribution in [0.5, 0.6) is 0 Å². The van der Waals surface area contributed by atoms with Gasteiger partial charge in [0.2, 0.25) is 0 Å². The second-order valence-corrected chi connectivity index (χ2v) is 6.72. The maximum atomic E-state index is 13.5. The van der Waals surface area contributed by atoms with Gasteiger partial charge in [-0.15, -0.1) is 5.10 Å². The van der Waals surface area contributed by atoms with E-state index >= 15 is 0 Å². The lowest BCUT2D eigenvalue weighted by atomic mass is 9.83. The number of hydrogen-bond acceptors (Lipinski definition) is 3. The van der Waals surface area contributed by atoms with Crippen molar-refractivity contribution in [3.05, 3.63) is 42.0 Å². The van der Waals surface area contributed by atoms with Crippen molar-refractivity contribution in [2.75, 3.05) is 5.01 Å². The molecule has 1 amide bonds. The first-order valence-electron chi connectivity index (χ1n) is 7.44. The summed E-state index contributed by atoms with van der Waals surface area (Å²) in [4.78, 5) is 16.8. The molecule has 0 radical (unpaired) electrons. The monoisotopic (exact) mass is 335 g/mol. The van der Waals surface area contributed by atoms with Crippen LogP contribution in [0.3, 0.4) is 0 Å². The number of para-hydroxylation sites is 1. The third kappa shape index (κ3) is 2.74. The first-order chi connectivity index (χ1) is 11.1. The summed E-state index contributed by atoms with van der Waals surface area (Å²) in [5.41, 5.74) is -0.830. The van der Waals surface area contributed by atoms with Crippen molar-refractivity contribution in [1.82, 2.24) is 0 Å². The fourth-order valence-corrected chi connectivity index (χ4v) is 2.57. The summed E-state index contributed by atoms with van der Waals surface area (Å²) in [6.07, 6.45) is -3.64. The number of carbonyl (C=O) groups is 1. The molecule has 0 aliphatic carbocycles. The Labute approximate surface area is 137 Å². The molecule has 2 aliphatic heterocycles. The molecule has 24 heavy (non-hydrogen) atoms. The van der Waals surface area contributed by atoms with Crippen molar-refractivity contribution >= 4 is 23.1 Å². The van der Waals surface area contributed by atoms with Crippen molar-refractivity contribution in [3.63, 3.8) is 0 Å². The van der Waals surface area contributed by atoms with Crippen LogP contribution in [-0.4, -0.2) is 23.6 Å². The Morgan fingerprint density at radius 1 is 1.08 bits per heavy atom. The Morgan fingerprint density at radius 2 is 1.71 bits per heavy atom. The zero-order valence-corrected chi connectivity index (χ0v) is 13.4. The minimum Gasteiger partial charge on any atom is -0.271 e. The van der Waals surface area contributed by atoms with E-state index in [1.165, 1.54) is 0 Å². The molecule has 7 heteroatoms. The number of alkyl halides is 3. The maximum absolute atomic E-state index is 13.5. The van der Waals surface area contributed by atoms with E-state index in [0.717, 1.165) is 11.1 Å². The molecule has 0 fully saturated rings. The number of allylic oxidation sites excluding steroid dienone is 1. The minimum absolute atomic E-state index is 0.108. The van der Waals surface area contributed by atoms with Crippen LogP contribution in [0.2, 0.25) is 0 Å². The number of hydrogen-bond donors (Lipinski definition) is 0. The normalized spacial score (nSPS) is 21.2. The number of anilines is 1. The Bertz CT molecular complexity index is 771. The van der Waals surface area contributed by atoms with Crippen LogP contribution in [0, 0.1) is 11.3 Å². The smallest absolute Gasteiger partial charge is 0.271 e. The summed E-state index contributed by atoms with van der Waals surface area (Å²) >= 11 is 0. The van der Waals surface area contributed by atoms with E-state index in [4.69, 9.17) is 0 Å². The Hall–Kier alpha value is -2.44. The topological polar surface area (TPSA) is 45.0 Å². The van der Waals surface area contributed by atoms with Gasteiger partial charge in [0, 0.05) is 11.1 Å². The first kappa shape index (κ1) is 16.4. The van der Waals surface area contributed by atoms with Gasteiger partial charge in [-0.3, -0.25) is 4.79 Å². The Morgan fingerprint density at radius 3 is 2.25 bits per heavy atom. The number of fused-ring (bicyclic) bond motifs is 1. The molecule has 1 aromatic rings. The predicted molar refractivity (Wildman–Crippen MR) is 85.9 cm³/mol. The molecule has 0 spiro atoms. The molecule has 3 rings (SSSR count). The van der Waals surface area contributed by atoms with E-state index in [0.29, 0.717) is 5.69 Å². The third-order valence-electron chi connectivity index (χ3n) is 3.85. The van der Waals surface area contributed by atoms with Crippen molar-refractivity contribution in [2.45, 2.75) is 26.9 Å². The summed E-state index contributed by atoms with van der Waals surface area (Å²) in [5.74, 6) is -2.35. The van der Waals surface area contributed by atoms with Crippen LogP contribution in [0.25, 0.3) is 0 Å². The molecule has 126 valence electrons. The molecule has 2 aliphatic rings. The van der Waals surface area contributed by atoms with E-state index in [-0.39, 0.29) is 11.5 Å². The lowest BCUT2D eigenvalue weighted by Gasteiger charge is -2.26. The molecule has 1 atom stereocenters. The quantitative estimate of drug-likeness (QED) is 0.766. The lowest BCUT2D eigenvalue weighted by molar-refractivity contribution is -0.124. The minimum atomic E-state index is -4.62. The van der Waals surface area contributed by atoms with Crippen molar-refractivity contribution in [2.24, 2.45) is 21.4 Å². The number of dihydropyridines is 1. The Kier molecular flexibility index (Phi) is 3.62. The second kappa shape index (κ2) is 5.29. The molecule has 0 aromatic heterocycles. The van der Waals surface area contributed by atoms with Crippen LogP contribution in [0.4, 0.5) is 18.9 Å². The highest BCUT2D eigenvalue weighted by Crippen LogP contribution is 2.40. The molecular formula is C17H16F3N3O. The third-order valence-corrected chi connectivity index (χ3v) is 3.85. The SMILES string of the molecule is CC(C)(C)C1=NC2=NN(c3ccccc3)C(=O)C2C(C(F)(F)F)=C1. The van der Waals surface area contributed by atoms with Crippen LogP contribution >= 0.6 is 0 Å². The van der Waals surface area contributed by atoms with E-state index in [1.54, 1.807) is 51.1 Å². The summed E-state index contributed by atoms with van der Waals surface area (Å²) < 4.78 is 40.5. The summed E-state index contributed by atoms with van der Waals surface area (Å²) in [6.45, 7) is 5.30. The van der Waals surface area contributed by atoms with Crippen LogP contribution < -0.4 is 5.01 Å². The molecule has 0 N–H and O–H groups in total. The number of rotatable bonds is 1. The van der Waals surface area contributed by atoms with Gasteiger partial charge in [-0.25, -0.2) is 4.99 Å². The number of aliphatic imine (C=N–C) groups is 1. The standard InChI is InChI=1S/C17H16F3N3O/c1-16(2,3)12-9-11(17(18,19)20)13-14(21-12)22-23(15(13)24)10-7-5-4-6-8-10/h4-9,13H,1-3H3. The largest absolute Gasteiger partial charge is 0.413 e. The average molecular weight is 335 g/mol. The van der Waals surface area contributed by atoms with Crippen molar-refractivity contribution in [3.8, 4) is 0 Å². The molecular weight excluding hydrogens is 319 g/mol. The van der Waals surface area contributed by atoms with Gasteiger partial charge in [0.25, 0.3) is 5.91 Å². The molecule has 1 unspecified atom stereocenters. The van der Waals surface area contributed by atoms with E-state index in [1.807, 2.05) is 0 Å². The number of nitrogens with zero attached hydrogens (tertiary/aromatic N) is 3. The zero-order valence-electron chi connectivity index (χ0n) is 13.4.